The number of carboxylic acids is 1. The van der Waals surface area contributed by atoms with Gasteiger partial charge in [-0.3, -0.25) is 0 Å². The van der Waals surface area contributed by atoms with E-state index in [4.69, 9.17) is 9.84 Å². The topological polar surface area (TPSA) is 72.3 Å². The fourth-order valence-corrected chi connectivity index (χ4v) is 1.54. The van der Waals surface area contributed by atoms with Gasteiger partial charge in [-0.2, -0.15) is 13.2 Å². The van der Waals surface area contributed by atoms with Crippen LogP contribution in [0.1, 0.15) is 47.7 Å². The van der Waals surface area contributed by atoms with Crippen molar-refractivity contribution < 1.29 is 27.8 Å². The number of nitrogens with zero attached hydrogens (tertiary/aromatic N) is 2. The van der Waals surface area contributed by atoms with E-state index in [2.05, 4.69) is 9.97 Å². The summed E-state index contributed by atoms with van der Waals surface area (Å²) in [5.74, 6) is -1.88. The molecule has 0 bridgehead atoms. The molecule has 8 heteroatoms. The Kier molecular flexibility index (Phi) is 4.82. The number of halogens is 3. The van der Waals surface area contributed by atoms with Crippen molar-refractivity contribution in [3.63, 3.8) is 0 Å². The first-order chi connectivity index (χ1) is 8.81. The van der Waals surface area contributed by atoms with Crippen LogP contribution in [0, 0.1) is 0 Å². The van der Waals surface area contributed by atoms with Gasteiger partial charge in [0, 0.05) is 13.3 Å². The highest BCUT2D eigenvalue weighted by molar-refractivity contribution is 5.88. The van der Waals surface area contributed by atoms with Gasteiger partial charge in [-0.25, -0.2) is 14.8 Å². The van der Waals surface area contributed by atoms with Crippen LogP contribution in [0.3, 0.4) is 0 Å². The first-order valence-corrected chi connectivity index (χ1v) is 5.51. The van der Waals surface area contributed by atoms with Crippen LogP contribution in [-0.4, -0.2) is 28.2 Å². The minimum Gasteiger partial charge on any atom is -0.478 e. The van der Waals surface area contributed by atoms with E-state index in [1.165, 1.54) is 7.11 Å². The Morgan fingerprint density at radius 3 is 2.58 bits per heavy atom. The minimum atomic E-state index is -4.85. The number of alkyl halides is 3. The van der Waals surface area contributed by atoms with Gasteiger partial charge in [-0.05, 0) is 6.42 Å². The monoisotopic (exact) mass is 278 g/mol. The number of hydrogen-bond acceptors (Lipinski definition) is 4. The van der Waals surface area contributed by atoms with Gasteiger partial charge in [-0.15, -0.1) is 0 Å². The first-order valence-electron chi connectivity index (χ1n) is 5.51. The van der Waals surface area contributed by atoms with Gasteiger partial charge in [0.1, 0.15) is 11.7 Å². The van der Waals surface area contributed by atoms with Crippen molar-refractivity contribution in [1.29, 1.82) is 0 Å². The van der Waals surface area contributed by atoms with E-state index in [0.29, 0.717) is 19.0 Å². The normalized spacial score (nSPS) is 13.3. The zero-order valence-corrected chi connectivity index (χ0v) is 10.4. The molecule has 0 amide bonds. The third-order valence-electron chi connectivity index (χ3n) is 2.43. The summed E-state index contributed by atoms with van der Waals surface area (Å²) < 4.78 is 43.2. The summed E-state index contributed by atoms with van der Waals surface area (Å²) in [6.45, 7) is 1.84. The summed E-state index contributed by atoms with van der Waals surface area (Å²) in [5, 5.41) is 8.71. The molecule has 1 rings (SSSR count). The number of hydrogen-bond donors (Lipinski definition) is 1. The lowest BCUT2D eigenvalue weighted by Gasteiger charge is -2.15. The van der Waals surface area contributed by atoms with E-state index in [-0.39, 0.29) is 5.82 Å². The van der Waals surface area contributed by atoms with Crippen molar-refractivity contribution in [2.75, 3.05) is 7.11 Å². The Bertz CT molecular complexity index is 463. The number of rotatable bonds is 5. The van der Waals surface area contributed by atoms with Crippen molar-refractivity contribution in [3.05, 3.63) is 23.3 Å². The van der Waals surface area contributed by atoms with Crippen LogP contribution < -0.4 is 0 Å². The Morgan fingerprint density at radius 1 is 1.53 bits per heavy atom. The molecule has 1 unspecified atom stereocenters. The lowest BCUT2D eigenvalue weighted by atomic mass is 10.1. The number of methoxy groups -OCH3 is 1. The average molecular weight is 278 g/mol. The fourth-order valence-electron chi connectivity index (χ4n) is 1.54. The summed E-state index contributed by atoms with van der Waals surface area (Å²) in [5.41, 5.74) is -2.43. The molecule has 0 aliphatic heterocycles. The Morgan fingerprint density at radius 2 is 2.16 bits per heavy atom. The predicted molar refractivity (Wildman–Crippen MR) is 58.7 cm³/mol. The molecule has 19 heavy (non-hydrogen) atoms. The first kappa shape index (κ1) is 15.4. The third kappa shape index (κ3) is 3.63. The molecule has 1 atom stereocenters. The summed E-state index contributed by atoms with van der Waals surface area (Å²) in [6.07, 6.45) is -3.76. The quantitative estimate of drug-likeness (QED) is 0.896. The van der Waals surface area contributed by atoms with Crippen molar-refractivity contribution in [2.24, 2.45) is 0 Å². The highest BCUT2D eigenvalue weighted by atomic mass is 19.4. The van der Waals surface area contributed by atoms with Crippen LogP contribution in [0.15, 0.2) is 6.20 Å². The van der Waals surface area contributed by atoms with E-state index in [9.17, 15) is 18.0 Å². The zero-order chi connectivity index (χ0) is 14.6. The van der Waals surface area contributed by atoms with Crippen molar-refractivity contribution in [1.82, 2.24) is 9.97 Å². The molecule has 106 valence electrons. The maximum absolute atomic E-state index is 12.7. The van der Waals surface area contributed by atoms with Crippen LogP contribution in [0.5, 0.6) is 0 Å². The van der Waals surface area contributed by atoms with Crippen molar-refractivity contribution >= 4 is 5.97 Å². The number of aromatic carboxylic acids is 1. The largest absolute Gasteiger partial charge is 0.478 e. The number of carbonyl (C=O) groups is 1. The molecule has 0 fully saturated rings. The summed E-state index contributed by atoms with van der Waals surface area (Å²) in [7, 11) is 1.34. The molecular formula is C11H13F3N2O3. The maximum Gasteiger partial charge on any atom is 0.434 e. The van der Waals surface area contributed by atoms with Crippen LogP contribution in [-0.2, 0) is 10.9 Å². The molecule has 0 aliphatic carbocycles. The minimum absolute atomic E-state index is 0.165. The molecule has 0 saturated heterocycles. The van der Waals surface area contributed by atoms with Gasteiger partial charge >= 0.3 is 12.1 Å². The number of ether oxygens (including phenoxy) is 1. The summed E-state index contributed by atoms with van der Waals surface area (Å²) in [6, 6.07) is 0. The molecule has 0 radical (unpaired) electrons. The standard InChI is InChI=1S/C11H13F3N2O3/c1-3-4-7(19-2)9-15-5-6(10(17)18)8(16-9)11(12,13)14/h5,7H,3-4H2,1-2H3,(H,17,18). The molecule has 0 aliphatic rings. The second-order valence-electron chi connectivity index (χ2n) is 3.81. The van der Waals surface area contributed by atoms with Gasteiger partial charge in [0.2, 0.25) is 0 Å². The Labute approximate surface area is 107 Å². The molecule has 1 aromatic rings. The lowest BCUT2D eigenvalue weighted by Crippen LogP contribution is -2.19. The highest BCUT2D eigenvalue weighted by Gasteiger charge is 2.38. The number of carboxylic acid groups (broad SMARTS) is 1. The summed E-state index contributed by atoms with van der Waals surface area (Å²) in [4.78, 5) is 17.7. The Balaban J connectivity index is 3.29. The second kappa shape index (κ2) is 5.96. The molecule has 5 nitrogen and oxygen atoms in total. The molecule has 0 aromatic carbocycles. The fraction of sp³-hybridized carbons (Fsp3) is 0.545. The smallest absolute Gasteiger partial charge is 0.434 e. The SMILES string of the molecule is CCCC(OC)c1ncc(C(=O)O)c(C(F)(F)F)n1. The van der Waals surface area contributed by atoms with E-state index in [1.54, 1.807) is 0 Å². The van der Waals surface area contributed by atoms with Crippen LogP contribution >= 0.6 is 0 Å². The predicted octanol–water partition coefficient (Wildman–Crippen LogP) is 2.68. The van der Waals surface area contributed by atoms with Gasteiger partial charge < -0.3 is 9.84 Å². The summed E-state index contributed by atoms with van der Waals surface area (Å²) >= 11 is 0. The van der Waals surface area contributed by atoms with Crippen LogP contribution in [0.2, 0.25) is 0 Å². The van der Waals surface area contributed by atoms with E-state index in [1.807, 2.05) is 6.92 Å². The van der Waals surface area contributed by atoms with E-state index < -0.39 is 29.5 Å². The maximum atomic E-state index is 12.7. The van der Waals surface area contributed by atoms with Gasteiger partial charge in [0.15, 0.2) is 11.5 Å². The second-order valence-corrected chi connectivity index (χ2v) is 3.81. The Hall–Kier alpha value is -1.70. The van der Waals surface area contributed by atoms with Crippen molar-refractivity contribution in [2.45, 2.75) is 32.0 Å². The highest BCUT2D eigenvalue weighted by Crippen LogP contribution is 2.31. The zero-order valence-electron chi connectivity index (χ0n) is 10.4. The molecule has 1 heterocycles. The molecule has 1 aromatic heterocycles. The van der Waals surface area contributed by atoms with Crippen molar-refractivity contribution in [3.8, 4) is 0 Å². The van der Waals surface area contributed by atoms with E-state index in [0.717, 1.165) is 0 Å². The molecule has 0 saturated carbocycles. The van der Waals surface area contributed by atoms with Crippen LogP contribution in [0.4, 0.5) is 13.2 Å². The molecule has 1 N–H and O–H groups in total. The van der Waals surface area contributed by atoms with Gasteiger partial charge in [0.05, 0.1) is 0 Å². The average Bonchev–Trinajstić information content (AvgIpc) is 2.34. The molecule has 0 spiro atoms. The van der Waals surface area contributed by atoms with Gasteiger partial charge in [0.25, 0.3) is 0 Å². The van der Waals surface area contributed by atoms with Crippen LogP contribution in [0.25, 0.3) is 0 Å². The third-order valence-corrected chi connectivity index (χ3v) is 2.43. The van der Waals surface area contributed by atoms with Gasteiger partial charge in [-0.1, -0.05) is 13.3 Å². The van der Waals surface area contributed by atoms with E-state index >= 15 is 0 Å². The lowest BCUT2D eigenvalue weighted by molar-refractivity contribution is -0.142. The number of aromatic nitrogens is 2. The molecular weight excluding hydrogens is 265 g/mol.